The number of anilines is 1. The molecular formula is C17H26N2S. The van der Waals surface area contributed by atoms with Crippen LogP contribution >= 0.6 is 11.8 Å². The lowest BCUT2D eigenvalue weighted by atomic mass is 9.77. The summed E-state index contributed by atoms with van der Waals surface area (Å²) in [5, 5.41) is 0. The molecule has 1 aliphatic heterocycles. The van der Waals surface area contributed by atoms with Crippen LogP contribution in [0.25, 0.3) is 0 Å². The van der Waals surface area contributed by atoms with Crippen LogP contribution in [0.3, 0.4) is 0 Å². The zero-order chi connectivity index (χ0) is 14.0. The largest absolute Gasteiger partial charge is 0.371 e. The van der Waals surface area contributed by atoms with Gasteiger partial charge in [-0.2, -0.15) is 0 Å². The highest BCUT2D eigenvalue weighted by atomic mass is 32.2. The van der Waals surface area contributed by atoms with Gasteiger partial charge in [-0.05, 0) is 49.5 Å². The fourth-order valence-corrected chi connectivity index (χ4v) is 4.74. The van der Waals surface area contributed by atoms with Gasteiger partial charge in [-0.15, -0.1) is 11.8 Å². The van der Waals surface area contributed by atoms with Gasteiger partial charge in [0.2, 0.25) is 0 Å². The van der Waals surface area contributed by atoms with Crippen molar-refractivity contribution < 1.29 is 0 Å². The van der Waals surface area contributed by atoms with E-state index in [0.29, 0.717) is 12.0 Å². The summed E-state index contributed by atoms with van der Waals surface area (Å²) in [6.07, 6.45) is 10.7. The van der Waals surface area contributed by atoms with E-state index < -0.39 is 0 Å². The fraction of sp³-hybridized carbons (Fsp3) is 0.647. The molecule has 0 aromatic heterocycles. The lowest BCUT2D eigenvalue weighted by molar-refractivity contribution is 0.226. The molecule has 110 valence electrons. The molecule has 1 spiro atoms. The van der Waals surface area contributed by atoms with E-state index in [4.69, 9.17) is 5.73 Å². The first-order valence-electron chi connectivity index (χ1n) is 7.89. The molecule has 1 aromatic rings. The second kappa shape index (κ2) is 5.98. The molecule has 20 heavy (non-hydrogen) atoms. The summed E-state index contributed by atoms with van der Waals surface area (Å²) in [7, 11) is 0. The van der Waals surface area contributed by atoms with E-state index in [1.165, 1.54) is 67.8 Å². The fourth-order valence-electron chi connectivity index (χ4n) is 4.09. The molecular weight excluding hydrogens is 264 g/mol. The molecule has 2 aliphatic rings. The Balaban J connectivity index is 1.77. The molecule has 2 fully saturated rings. The topological polar surface area (TPSA) is 29.3 Å². The number of piperidine rings is 1. The standard InChI is InChI=1S/C17H26N2S/c1-20-16-6-4-5-15(14(16)13-18)19-11-9-17(10-12-19)7-2-3-8-17/h4-6H,2-3,7-13,18H2,1H3. The first kappa shape index (κ1) is 14.3. The van der Waals surface area contributed by atoms with Crippen molar-refractivity contribution >= 4 is 17.4 Å². The van der Waals surface area contributed by atoms with E-state index >= 15 is 0 Å². The van der Waals surface area contributed by atoms with Crippen LogP contribution in [0, 0.1) is 5.41 Å². The second-order valence-electron chi connectivity index (χ2n) is 6.36. The lowest BCUT2D eigenvalue weighted by Crippen LogP contribution is -2.39. The minimum atomic E-state index is 0.647. The van der Waals surface area contributed by atoms with Crippen LogP contribution in [0.2, 0.25) is 0 Å². The first-order chi connectivity index (χ1) is 9.78. The Bertz CT molecular complexity index is 456. The van der Waals surface area contributed by atoms with Crippen LogP contribution in [0.1, 0.15) is 44.1 Å². The minimum absolute atomic E-state index is 0.647. The highest BCUT2D eigenvalue weighted by molar-refractivity contribution is 7.98. The molecule has 1 aromatic carbocycles. The van der Waals surface area contributed by atoms with Crippen LogP contribution in [-0.2, 0) is 6.54 Å². The van der Waals surface area contributed by atoms with E-state index in [-0.39, 0.29) is 0 Å². The number of hydrogen-bond acceptors (Lipinski definition) is 3. The van der Waals surface area contributed by atoms with Crippen molar-refractivity contribution in [2.45, 2.75) is 50.0 Å². The van der Waals surface area contributed by atoms with Gasteiger partial charge in [-0.25, -0.2) is 0 Å². The van der Waals surface area contributed by atoms with Crippen molar-refractivity contribution in [2.24, 2.45) is 11.1 Å². The maximum absolute atomic E-state index is 6.01. The van der Waals surface area contributed by atoms with Crippen LogP contribution in [-0.4, -0.2) is 19.3 Å². The molecule has 1 heterocycles. The van der Waals surface area contributed by atoms with Crippen LogP contribution in [0.5, 0.6) is 0 Å². The highest BCUT2D eigenvalue weighted by Gasteiger charge is 2.37. The second-order valence-corrected chi connectivity index (χ2v) is 7.20. The van der Waals surface area contributed by atoms with E-state index in [1.807, 2.05) is 11.8 Å². The summed E-state index contributed by atoms with van der Waals surface area (Å²) in [4.78, 5) is 3.91. The predicted octanol–water partition coefficient (Wildman–Crippen LogP) is 4.03. The number of rotatable bonds is 3. The molecule has 0 bridgehead atoms. The maximum Gasteiger partial charge on any atom is 0.0423 e. The molecule has 3 rings (SSSR count). The lowest BCUT2D eigenvalue weighted by Gasteiger charge is -2.41. The molecule has 1 saturated carbocycles. The zero-order valence-electron chi connectivity index (χ0n) is 12.5. The molecule has 1 saturated heterocycles. The summed E-state index contributed by atoms with van der Waals surface area (Å²) in [6.45, 7) is 3.07. The molecule has 0 atom stereocenters. The number of benzene rings is 1. The van der Waals surface area contributed by atoms with Gasteiger partial charge in [0.1, 0.15) is 0 Å². The van der Waals surface area contributed by atoms with Crippen molar-refractivity contribution in [3.63, 3.8) is 0 Å². The van der Waals surface area contributed by atoms with Crippen LogP contribution < -0.4 is 10.6 Å². The summed E-state index contributed by atoms with van der Waals surface area (Å²) in [5.41, 5.74) is 9.42. The smallest absolute Gasteiger partial charge is 0.0423 e. The van der Waals surface area contributed by atoms with Crippen LogP contribution in [0.4, 0.5) is 5.69 Å². The number of thioether (sulfide) groups is 1. The normalized spacial score (nSPS) is 21.6. The third-order valence-electron chi connectivity index (χ3n) is 5.36. The van der Waals surface area contributed by atoms with Gasteiger partial charge in [0.05, 0.1) is 0 Å². The highest BCUT2D eigenvalue weighted by Crippen LogP contribution is 2.47. The third kappa shape index (κ3) is 2.58. The Morgan fingerprint density at radius 1 is 1.15 bits per heavy atom. The van der Waals surface area contributed by atoms with Gasteiger partial charge >= 0.3 is 0 Å². The van der Waals surface area contributed by atoms with Crippen molar-refractivity contribution in [1.82, 2.24) is 0 Å². The quantitative estimate of drug-likeness (QED) is 0.852. The Morgan fingerprint density at radius 2 is 1.85 bits per heavy atom. The molecule has 0 unspecified atom stereocenters. The van der Waals surface area contributed by atoms with Gasteiger partial charge in [0, 0.05) is 35.8 Å². The Kier molecular flexibility index (Phi) is 4.27. The summed E-state index contributed by atoms with van der Waals surface area (Å²) in [5.74, 6) is 0. The third-order valence-corrected chi connectivity index (χ3v) is 6.18. The molecule has 3 heteroatoms. The van der Waals surface area contributed by atoms with Gasteiger partial charge in [0.15, 0.2) is 0 Å². The zero-order valence-corrected chi connectivity index (χ0v) is 13.3. The molecule has 0 radical (unpaired) electrons. The summed E-state index contributed by atoms with van der Waals surface area (Å²) in [6, 6.07) is 6.63. The van der Waals surface area contributed by atoms with E-state index in [1.54, 1.807) is 0 Å². The predicted molar refractivity (Wildman–Crippen MR) is 88.5 cm³/mol. The summed E-state index contributed by atoms with van der Waals surface area (Å²) < 4.78 is 0. The van der Waals surface area contributed by atoms with E-state index in [0.717, 1.165) is 0 Å². The average Bonchev–Trinajstić information content (AvgIpc) is 2.95. The van der Waals surface area contributed by atoms with Crippen molar-refractivity contribution in [2.75, 3.05) is 24.2 Å². The first-order valence-corrected chi connectivity index (χ1v) is 9.11. The monoisotopic (exact) mass is 290 g/mol. The number of hydrogen-bond donors (Lipinski definition) is 1. The van der Waals surface area contributed by atoms with E-state index in [9.17, 15) is 0 Å². The minimum Gasteiger partial charge on any atom is -0.371 e. The van der Waals surface area contributed by atoms with Gasteiger partial charge in [-0.1, -0.05) is 18.9 Å². The van der Waals surface area contributed by atoms with Crippen LogP contribution in [0.15, 0.2) is 23.1 Å². The number of nitrogens with two attached hydrogens (primary N) is 1. The Labute approximate surface area is 127 Å². The van der Waals surface area contributed by atoms with Crippen molar-refractivity contribution in [1.29, 1.82) is 0 Å². The van der Waals surface area contributed by atoms with Gasteiger partial charge in [-0.3, -0.25) is 0 Å². The average molecular weight is 290 g/mol. The molecule has 1 aliphatic carbocycles. The molecule has 2 nitrogen and oxygen atoms in total. The van der Waals surface area contributed by atoms with Gasteiger partial charge < -0.3 is 10.6 Å². The Morgan fingerprint density at radius 3 is 2.45 bits per heavy atom. The Hall–Kier alpha value is -0.670. The molecule has 2 N–H and O–H groups in total. The van der Waals surface area contributed by atoms with Crippen molar-refractivity contribution in [3.8, 4) is 0 Å². The van der Waals surface area contributed by atoms with E-state index in [2.05, 4.69) is 29.4 Å². The molecule has 0 amide bonds. The van der Waals surface area contributed by atoms with Crippen molar-refractivity contribution in [3.05, 3.63) is 23.8 Å². The number of nitrogens with zero attached hydrogens (tertiary/aromatic N) is 1. The SMILES string of the molecule is CSc1cccc(N2CCC3(CCCC3)CC2)c1CN. The maximum atomic E-state index is 6.01. The summed E-state index contributed by atoms with van der Waals surface area (Å²) >= 11 is 1.81. The van der Waals surface area contributed by atoms with Gasteiger partial charge in [0.25, 0.3) is 0 Å².